The van der Waals surface area contributed by atoms with E-state index in [0.717, 1.165) is 35.1 Å². The van der Waals surface area contributed by atoms with Crippen LogP contribution in [0.4, 0.5) is 11.6 Å². The van der Waals surface area contributed by atoms with E-state index in [9.17, 15) is 10.2 Å². The zero-order valence-corrected chi connectivity index (χ0v) is 24.7. The minimum Gasteiger partial charge on any atom is -0.473 e. The van der Waals surface area contributed by atoms with Gasteiger partial charge in [0.25, 0.3) is 10.4 Å². The second-order valence-corrected chi connectivity index (χ2v) is 12.2. The summed E-state index contributed by atoms with van der Waals surface area (Å²) < 4.78 is 12.1. The van der Waals surface area contributed by atoms with Gasteiger partial charge in [-0.1, -0.05) is 49.4 Å². The molecule has 0 saturated heterocycles. The molecule has 4 N–H and O–H groups in total. The van der Waals surface area contributed by atoms with Gasteiger partial charge >= 0.3 is 0 Å². The lowest BCUT2D eigenvalue weighted by molar-refractivity contribution is 0.268. The molecule has 4 aromatic heterocycles. The first-order chi connectivity index (χ1) is 18.5. The maximum absolute atomic E-state index is 9.80. The summed E-state index contributed by atoms with van der Waals surface area (Å²) in [6, 6.07) is -0.281. The largest absolute Gasteiger partial charge is 0.473 e. The number of aliphatic hydroxyl groups is 2. The van der Waals surface area contributed by atoms with Crippen LogP contribution in [0, 0.1) is 0 Å². The molecule has 38 heavy (non-hydrogen) atoms. The first-order valence-electron chi connectivity index (χ1n) is 12.1. The quantitative estimate of drug-likeness (QED) is 0.112. The fourth-order valence-electron chi connectivity index (χ4n) is 3.59. The normalized spacial score (nSPS) is 13.1. The topological polar surface area (TPSA) is 160 Å². The number of methoxy groups -OCH3 is 2. The molecule has 0 bridgehead atoms. The molecule has 0 saturated carbocycles. The molecule has 2 atom stereocenters. The predicted octanol–water partition coefficient (Wildman–Crippen LogP) is 4.45. The van der Waals surface area contributed by atoms with Crippen LogP contribution in [0.5, 0.6) is 10.4 Å². The molecular weight excluding hydrogens is 569 g/mol. The molecule has 0 amide bonds. The highest BCUT2D eigenvalue weighted by Crippen LogP contribution is 2.40. The van der Waals surface area contributed by atoms with Crippen LogP contribution in [-0.4, -0.2) is 79.6 Å². The van der Waals surface area contributed by atoms with Gasteiger partial charge in [-0.15, -0.1) is 0 Å². The average molecular weight is 599 g/mol. The summed E-state index contributed by atoms with van der Waals surface area (Å²) in [6.45, 7) is 4.10. The lowest BCUT2D eigenvalue weighted by Gasteiger charge is -2.17. The van der Waals surface area contributed by atoms with Crippen molar-refractivity contribution < 1.29 is 19.7 Å². The summed E-state index contributed by atoms with van der Waals surface area (Å²) in [5, 5.41) is 28.2. The Labute approximate surface area is 235 Å². The molecule has 4 aromatic rings. The fourth-order valence-corrected chi connectivity index (χ4v) is 6.69. The van der Waals surface area contributed by atoms with Crippen molar-refractivity contribution in [3.63, 3.8) is 0 Å². The fraction of sp³-hybridized carbons (Fsp3) is 0.545. The van der Waals surface area contributed by atoms with Crippen molar-refractivity contribution in [2.75, 3.05) is 38.1 Å². The Kier molecular flexibility index (Phi) is 10.4. The third kappa shape index (κ3) is 6.84. The van der Waals surface area contributed by atoms with Crippen LogP contribution in [0.15, 0.2) is 10.3 Å². The standard InChI is InChI=1S/C22H30N8O4S4/c1-5-7-11(9-31)23-15-13-17(29-21(33-3)35-13)27-19(25-15)37-38-20-26-16(24-12(10-32)8-6-2)14-18(28-20)30-22(34-4)36-14/h11-12,31-32H,5-10H2,1-4H3,(H,23,25,27)(H,24,26,28)/t11-,12?/m1/s1. The van der Waals surface area contributed by atoms with Crippen LogP contribution in [-0.2, 0) is 0 Å². The monoisotopic (exact) mass is 598 g/mol. The molecular formula is C22H30N8O4S4. The van der Waals surface area contributed by atoms with E-state index in [1.165, 1.54) is 44.3 Å². The van der Waals surface area contributed by atoms with Crippen LogP contribution in [0.25, 0.3) is 20.7 Å². The molecule has 4 rings (SSSR count). The van der Waals surface area contributed by atoms with Crippen molar-refractivity contribution in [2.45, 2.75) is 61.9 Å². The second-order valence-electron chi connectivity index (χ2n) is 8.17. The zero-order valence-electron chi connectivity index (χ0n) is 21.4. The highest BCUT2D eigenvalue weighted by atomic mass is 33.1. The Morgan fingerprint density at radius 3 is 1.47 bits per heavy atom. The molecule has 206 valence electrons. The van der Waals surface area contributed by atoms with E-state index >= 15 is 0 Å². The van der Waals surface area contributed by atoms with Gasteiger partial charge in [0.15, 0.2) is 22.9 Å². The van der Waals surface area contributed by atoms with E-state index in [4.69, 9.17) is 19.4 Å². The lowest BCUT2D eigenvalue weighted by Crippen LogP contribution is -2.24. The molecule has 0 aliphatic rings. The summed E-state index contributed by atoms with van der Waals surface area (Å²) in [6.07, 6.45) is 3.43. The highest BCUT2D eigenvalue weighted by molar-refractivity contribution is 8.76. The minimum absolute atomic E-state index is 0.0138. The Balaban J connectivity index is 1.63. The van der Waals surface area contributed by atoms with Crippen LogP contribution < -0.4 is 20.1 Å². The van der Waals surface area contributed by atoms with Crippen LogP contribution in [0.3, 0.4) is 0 Å². The maximum atomic E-state index is 9.80. The smallest absolute Gasteiger partial charge is 0.275 e. The second kappa shape index (κ2) is 13.7. The van der Waals surface area contributed by atoms with E-state index in [-0.39, 0.29) is 25.3 Å². The van der Waals surface area contributed by atoms with E-state index in [1.54, 1.807) is 14.2 Å². The molecule has 1 unspecified atom stereocenters. The van der Waals surface area contributed by atoms with Gasteiger partial charge in [0, 0.05) is 0 Å². The minimum atomic E-state index is -0.140. The molecule has 0 radical (unpaired) electrons. The number of anilines is 2. The molecule has 12 nitrogen and oxygen atoms in total. The third-order valence-electron chi connectivity index (χ3n) is 5.36. The van der Waals surface area contributed by atoms with E-state index < -0.39 is 0 Å². The molecule has 0 fully saturated rings. The Morgan fingerprint density at radius 1 is 0.711 bits per heavy atom. The molecule has 0 aromatic carbocycles. The first-order valence-corrected chi connectivity index (χ1v) is 15.8. The van der Waals surface area contributed by atoms with Gasteiger partial charge in [0.2, 0.25) is 10.3 Å². The number of thiazole rings is 2. The number of nitrogens with one attached hydrogen (secondary N) is 2. The van der Waals surface area contributed by atoms with Gasteiger partial charge in [0.1, 0.15) is 9.40 Å². The highest BCUT2D eigenvalue weighted by Gasteiger charge is 2.20. The van der Waals surface area contributed by atoms with Gasteiger partial charge in [-0.2, -0.15) is 9.97 Å². The lowest BCUT2D eigenvalue weighted by atomic mass is 10.2. The number of aromatic nitrogens is 6. The van der Waals surface area contributed by atoms with Gasteiger partial charge in [-0.25, -0.2) is 19.9 Å². The summed E-state index contributed by atoms with van der Waals surface area (Å²) in [5.41, 5.74) is 1.02. The summed E-state index contributed by atoms with van der Waals surface area (Å²) in [4.78, 5) is 27.5. The summed E-state index contributed by atoms with van der Waals surface area (Å²) in [7, 11) is 5.70. The molecule has 0 spiro atoms. The number of rotatable bonds is 15. The van der Waals surface area contributed by atoms with Crippen LogP contribution in [0.1, 0.15) is 39.5 Å². The Hall–Kier alpha value is -2.24. The molecule has 0 aliphatic heterocycles. The predicted molar refractivity (Wildman–Crippen MR) is 154 cm³/mol. The Bertz CT molecular complexity index is 1250. The van der Waals surface area contributed by atoms with Gasteiger partial charge in [-0.3, -0.25) is 0 Å². The molecule has 0 aliphatic carbocycles. The van der Waals surface area contributed by atoms with Crippen molar-refractivity contribution in [1.82, 2.24) is 29.9 Å². The number of fused-ring (bicyclic) bond motifs is 2. The molecule has 16 heteroatoms. The van der Waals surface area contributed by atoms with Crippen molar-refractivity contribution in [3.05, 3.63) is 0 Å². The van der Waals surface area contributed by atoms with Crippen LogP contribution in [0.2, 0.25) is 0 Å². The van der Waals surface area contributed by atoms with Crippen molar-refractivity contribution in [2.24, 2.45) is 0 Å². The number of hydrogen-bond acceptors (Lipinski definition) is 16. The third-order valence-corrected chi connectivity index (χ3v) is 9.28. The Morgan fingerprint density at radius 2 is 1.13 bits per heavy atom. The van der Waals surface area contributed by atoms with Crippen molar-refractivity contribution >= 4 is 76.6 Å². The van der Waals surface area contributed by atoms with Gasteiger partial charge in [-0.05, 0) is 34.4 Å². The zero-order chi connectivity index (χ0) is 27.1. The first kappa shape index (κ1) is 28.8. The van der Waals surface area contributed by atoms with E-state index in [1.807, 2.05) is 0 Å². The van der Waals surface area contributed by atoms with Crippen molar-refractivity contribution in [1.29, 1.82) is 0 Å². The maximum Gasteiger partial charge on any atom is 0.275 e. The number of ether oxygens (including phenoxy) is 2. The average Bonchev–Trinajstić information content (AvgIpc) is 3.55. The van der Waals surface area contributed by atoms with Crippen molar-refractivity contribution in [3.8, 4) is 10.4 Å². The van der Waals surface area contributed by atoms with Crippen LogP contribution >= 0.6 is 44.3 Å². The number of nitrogens with zero attached hydrogens (tertiary/aromatic N) is 6. The molecule has 4 heterocycles. The summed E-state index contributed by atoms with van der Waals surface area (Å²) in [5.74, 6) is 1.19. The SMILES string of the molecule is CCCC(CO)Nc1nc(SSc2nc(N[C@@H](CO)CCC)c3sc(OC)nc3n2)nc2nc(OC)sc12. The van der Waals surface area contributed by atoms with Gasteiger partial charge < -0.3 is 30.3 Å². The van der Waals surface area contributed by atoms with Gasteiger partial charge in [0.05, 0.1) is 39.5 Å². The van der Waals surface area contributed by atoms with E-state index in [2.05, 4.69) is 44.4 Å². The number of aliphatic hydroxyl groups excluding tert-OH is 2. The summed E-state index contributed by atoms with van der Waals surface area (Å²) >= 11 is 2.69. The van der Waals surface area contributed by atoms with E-state index in [0.29, 0.717) is 43.6 Å². The number of hydrogen-bond donors (Lipinski definition) is 4.